The van der Waals surface area contributed by atoms with Gasteiger partial charge in [-0.2, -0.15) is 4.98 Å². The largest absolute Gasteiger partial charge is 0.370 e. The number of hydrogen-bond donors (Lipinski definition) is 1. The van der Waals surface area contributed by atoms with Crippen molar-refractivity contribution in [3.05, 3.63) is 47.6 Å². The fourth-order valence-electron chi connectivity index (χ4n) is 2.37. The van der Waals surface area contributed by atoms with Gasteiger partial charge in [0.05, 0.1) is 5.92 Å². The van der Waals surface area contributed by atoms with Gasteiger partial charge in [-0.3, -0.25) is 0 Å². The van der Waals surface area contributed by atoms with E-state index in [-0.39, 0.29) is 24.4 Å². The summed E-state index contributed by atoms with van der Waals surface area (Å²) in [4.78, 5) is 4.46. The summed E-state index contributed by atoms with van der Waals surface area (Å²) >= 11 is 0. The highest BCUT2D eigenvalue weighted by atomic mass is 35.5. The molecule has 1 fully saturated rings. The molecule has 1 aromatic carbocycles. The van der Waals surface area contributed by atoms with Gasteiger partial charge in [0.1, 0.15) is 6.10 Å². The van der Waals surface area contributed by atoms with Crippen LogP contribution in [0.4, 0.5) is 0 Å². The van der Waals surface area contributed by atoms with Crippen LogP contribution in [-0.4, -0.2) is 23.3 Å². The van der Waals surface area contributed by atoms with Crippen molar-refractivity contribution >= 4 is 12.4 Å². The Morgan fingerprint density at radius 2 is 2.10 bits per heavy atom. The first-order valence-corrected chi connectivity index (χ1v) is 6.58. The zero-order valence-corrected chi connectivity index (χ0v) is 11.9. The molecule has 2 heterocycles. The molecule has 0 aliphatic carbocycles. The van der Waals surface area contributed by atoms with E-state index in [2.05, 4.69) is 10.1 Å². The molecule has 0 spiro atoms. The van der Waals surface area contributed by atoms with Gasteiger partial charge in [0, 0.05) is 13.2 Å². The lowest BCUT2D eigenvalue weighted by Crippen LogP contribution is -2.14. The SMILES string of the molecule is Cl.NCC(c1ccccc1)c1nc(C2CCCO2)no1. The maximum atomic E-state index is 5.84. The van der Waals surface area contributed by atoms with Gasteiger partial charge >= 0.3 is 0 Å². The molecule has 2 N–H and O–H groups in total. The second kappa shape index (κ2) is 6.83. The van der Waals surface area contributed by atoms with Gasteiger partial charge < -0.3 is 15.0 Å². The molecule has 5 nitrogen and oxygen atoms in total. The summed E-state index contributed by atoms with van der Waals surface area (Å²) in [5.74, 6) is 1.16. The number of nitrogens with two attached hydrogens (primary N) is 1. The van der Waals surface area contributed by atoms with Crippen molar-refractivity contribution in [1.82, 2.24) is 10.1 Å². The molecule has 0 radical (unpaired) electrons. The summed E-state index contributed by atoms with van der Waals surface area (Å²) in [6, 6.07) is 9.98. The summed E-state index contributed by atoms with van der Waals surface area (Å²) in [5, 5.41) is 4.03. The Labute approximate surface area is 123 Å². The molecule has 108 valence electrons. The maximum absolute atomic E-state index is 5.84. The van der Waals surface area contributed by atoms with Crippen LogP contribution in [0.3, 0.4) is 0 Å². The smallest absolute Gasteiger partial charge is 0.235 e. The predicted molar refractivity (Wildman–Crippen MR) is 76.8 cm³/mol. The van der Waals surface area contributed by atoms with E-state index in [1.54, 1.807) is 0 Å². The van der Waals surface area contributed by atoms with Crippen molar-refractivity contribution in [3.63, 3.8) is 0 Å². The van der Waals surface area contributed by atoms with E-state index in [9.17, 15) is 0 Å². The van der Waals surface area contributed by atoms with Crippen LogP contribution < -0.4 is 5.73 Å². The zero-order chi connectivity index (χ0) is 13.1. The van der Waals surface area contributed by atoms with Crippen LogP contribution in [0.1, 0.15) is 42.1 Å². The number of hydrogen-bond acceptors (Lipinski definition) is 5. The van der Waals surface area contributed by atoms with Gasteiger partial charge in [-0.05, 0) is 18.4 Å². The third-order valence-electron chi connectivity index (χ3n) is 3.41. The monoisotopic (exact) mass is 295 g/mol. The van der Waals surface area contributed by atoms with E-state index in [1.165, 1.54) is 0 Å². The molecule has 1 aliphatic heterocycles. The Balaban J connectivity index is 0.00000147. The van der Waals surface area contributed by atoms with Crippen molar-refractivity contribution in [3.8, 4) is 0 Å². The highest BCUT2D eigenvalue weighted by Crippen LogP contribution is 2.28. The van der Waals surface area contributed by atoms with Gasteiger partial charge in [0.2, 0.25) is 11.7 Å². The van der Waals surface area contributed by atoms with Crippen LogP contribution in [0.5, 0.6) is 0 Å². The summed E-state index contributed by atoms with van der Waals surface area (Å²) < 4.78 is 10.9. The van der Waals surface area contributed by atoms with Crippen LogP contribution in [0.2, 0.25) is 0 Å². The molecule has 0 amide bonds. The second-order valence-corrected chi connectivity index (χ2v) is 4.69. The van der Waals surface area contributed by atoms with Gasteiger partial charge in [-0.1, -0.05) is 35.5 Å². The molecule has 6 heteroatoms. The molecule has 0 saturated carbocycles. The number of benzene rings is 1. The molecule has 0 bridgehead atoms. The molecule has 3 rings (SSSR count). The quantitative estimate of drug-likeness (QED) is 0.937. The Kier molecular flexibility index (Phi) is 5.11. The number of halogens is 1. The van der Waals surface area contributed by atoms with Crippen molar-refractivity contribution in [2.45, 2.75) is 24.9 Å². The van der Waals surface area contributed by atoms with E-state index in [0.29, 0.717) is 18.3 Å². The van der Waals surface area contributed by atoms with Crippen molar-refractivity contribution in [1.29, 1.82) is 0 Å². The number of aromatic nitrogens is 2. The fourth-order valence-corrected chi connectivity index (χ4v) is 2.37. The molecule has 2 atom stereocenters. The predicted octanol–water partition coefficient (Wildman–Crippen LogP) is 2.43. The first-order valence-electron chi connectivity index (χ1n) is 6.58. The van der Waals surface area contributed by atoms with Crippen LogP contribution in [0.15, 0.2) is 34.9 Å². The Bertz CT molecular complexity index is 526. The highest BCUT2D eigenvalue weighted by Gasteiger charge is 2.26. The van der Waals surface area contributed by atoms with Gasteiger partial charge in [-0.15, -0.1) is 12.4 Å². The minimum absolute atomic E-state index is 0. The van der Waals surface area contributed by atoms with E-state index in [0.717, 1.165) is 25.0 Å². The zero-order valence-electron chi connectivity index (χ0n) is 11.1. The van der Waals surface area contributed by atoms with Crippen LogP contribution in [0.25, 0.3) is 0 Å². The van der Waals surface area contributed by atoms with E-state index >= 15 is 0 Å². The van der Waals surface area contributed by atoms with Gasteiger partial charge in [0.25, 0.3) is 0 Å². The molecule has 2 unspecified atom stereocenters. The standard InChI is InChI=1S/C14H17N3O2.ClH/c15-9-11(10-5-2-1-3-6-10)14-16-13(17-19-14)12-7-4-8-18-12;/h1-3,5-6,11-12H,4,7-9,15H2;1H. The number of rotatable bonds is 4. The third-order valence-corrected chi connectivity index (χ3v) is 3.41. The van der Waals surface area contributed by atoms with Crippen LogP contribution >= 0.6 is 12.4 Å². The number of ether oxygens (including phenoxy) is 1. The molecule has 1 aromatic heterocycles. The maximum Gasteiger partial charge on any atom is 0.235 e. The second-order valence-electron chi connectivity index (χ2n) is 4.69. The molecule has 2 aromatic rings. The highest BCUT2D eigenvalue weighted by molar-refractivity contribution is 5.85. The molecular formula is C14H18ClN3O2. The first-order chi connectivity index (χ1) is 9.38. The first kappa shape index (κ1) is 15.0. The topological polar surface area (TPSA) is 74.2 Å². The minimum Gasteiger partial charge on any atom is -0.370 e. The summed E-state index contributed by atoms with van der Waals surface area (Å²) in [6.45, 7) is 1.21. The van der Waals surface area contributed by atoms with E-state index < -0.39 is 0 Å². The van der Waals surface area contributed by atoms with E-state index in [4.69, 9.17) is 15.0 Å². The molecule has 1 saturated heterocycles. The Morgan fingerprint density at radius 1 is 1.30 bits per heavy atom. The average Bonchev–Trinajstić information content (AvgIpc) is 3.11. The third kappa shape index (κ3) is 3.00. The molecular weight excluding hydrogens is 278 g/mol. The normalized spacial score (nSPS) is 19.6. The van der Waals surface area contributed by atoms with Crippen molar-refractivity contribution in [2.24, 2.45) is 5.73 Å². The number of nitrogens with zero attached hydrogens (tertiary/aromatic N) is 2. The Morgan fingerprint density at radius 3 is 2.75 bits per heavy atom. The van der Waals surface area contributed by atoms with Crippen LogP contribution in [-0.2, 0) is 4.74 Å². The summed E-state index contributed by atoms with van der Waals surface area (Å²) in [6.07, 6.45) is 1.98. The van der Waals surface area contributed by atoms with Gasteiger partial charge in [0.15, 0.2) is 0 Å². The minimum atomic E-state index is -0.0520. The fraction of sp³-hybridized carbons (Fsp3) is 0.429. The van der Waals surface area contributed by atoms with Gasteiger partial charge in [-0.25, -0.2) is 0 Å². The lowest BCUT2D eigenvalue weighted by molar-refractivity contribution is 0.103. The average molecular weight is 296 g/mol. The van der Waals surface area contributed by atoms with Crippen molar-refractivity contribution < 1.29 is 9.26 Å². The summed E-state index contributed by atoms with van der Waals surface area (Å²) in [7, 11) is 0. The Hall–Kier alpha value is -1.43. The van der Waals surface area contributed by atoms with Crippen molar-refractivity contribution in [2.75, 3.05) is 13.2 Å². The molecule has 20 heavy (non-hydrogen) atoms. The lowest BCUT2D eigenvalue weighted by atomic mass is 9.99. The lowest BCUT2D eigenvalue weighted by Gasteiger charge is -2.09. The van der Waals surface area contributed by atoms with Crippen LogP contribution in [0, 0.1) is 0 Å². The van der Waals surface area contributed by atoms with E-state index in [1.807, 2.05) is 30.3 Å². The summed E-state index contributed by atoms with van der Waals surface area (Å²) in [5.41, 5.74) is 6.93. The molecule has 1 aliphatic rings.